The quantitative estimate of drug-likeness (QED) is 0.549. The van der Waals surface area contributed by atoms with E-state index in [2.05, 4.69) is 15.5 Å². The molecule has 0 radical (unpaired) electrons. The third-order valence-electron chi connectivity index (χ3n) is 7.84. The number of hydrogen-bond acceptors (Lipinski definition) is 4. The maximum Gasteiger partial charge on any atom is 0.419 e. The molecule has 0 bridgehead atoms. The number of fused-ring (bicyclic) bond motifs is 1. The van der Waals surface area contributed by atoms with E-state index in [1.165, 1.54) is 13.8 Å². The van der Waals surface area contributed by atoms with Gasteiger partial charge in [-0.2, -0.15) is 13.2 Å². The fourth-order valence-electron chi connectivity index (χ4n) is 5.54. The molecule has 1 amide bonds. The van der Waals surface area contributed by atoms with Crippen LogP contribution in [0.1, 0.15) is 47.4 Å². The van der Waals surface area contributed by atoms with E-state index in [1.54, 1.807) is 0 Å². The maximum atomic E-state index is 14.6. The Morgan fingerprint density at radius 1 is 1.19 bits per heavy atom. The summed E-state index contributed by atoms with van der Waals surface area (Å²) in [5.74, 6) is -5.92. The monoisotopic (exact) mass is 528 g/mol. The molecule has 2 aromatic rings. The molecule has 200 valence electrons. The number of nitrogens with zero attached hydrogens (tertiary/aromatic N) is 2. The molecule has 3 fully saturated rings. The number of halogens is 6. The Hall–Kier alpha value is -3.02. The van der Waals surface area contributed by atoms with Crippen LogP contribution in [0.5, 0.6) is 0 Å². The lowest BCUT2D eigenvalue weighted by Crippen LogP contribution is -2.32. The molecule has 5 rings (SSSR count). The van der Waals surface area contributed by atoms with E-state index in [1.807, 2.05) is 7.05 Å². The minimum atomic E-state index is -4.92. The van der Waals surface area contributed by atoms with E-state index in [0.717, 1.165) is 42.1 Å². The minimum Gasteiger partial charge on any atom is -0.381 e. The topological polar surface area (TPSA) is 66.4 Å². The van der Waals surface area contributed by atoms with Gasteiger partial charge in [-0.15, -0.1) is 0 Å². The lowest BCUT2D eigenvalue weighted by molar-refractivity contribution is -0.140. The van der Waals surface area contributed by atoms with Crippen molar-refractivity contribution in [2.45, 2.75) is 44.1 Å². The highest BCUT2D eigenvalue weighted by molar-refractivity contribution is 5.99. The summed E-state index contributed by atoms with van der Waals surface area (Å²) >= 11 is 0. The number of aromatic nitrogens is 1. The van der Waals surface area contributed by atoms with Crippen molar-refractivity contribution in [3.63, 3.8) is 0 Å². The number of alkyl halides is 5. The number of benzene rings is 1. The number of amides is 1. The summed E-state index contributed by atoms with van der Waals surface area (Å²) in [6.07, 6.45) is -3.86. The number of piperidine rings is 1. The fraction of sp³-hybridized carbons (Fsp3) is 0.520. The Bertz CT molecular complexity index is 1300. The Balaban J connectivity index is 1.45. The van der Waals surface area contributed by atoms with Crippen LogP contribution in [-0.4, -0.2) is 47.5 Å². The zero-order chi connectivity index (χ0) is 27.0. The van der Waals surface area contributed by atoms with Crippen LogP contribution in [0.3, 0.4) is 0 Å². The normalized spacial score (nSPS) is 28.9. The molecular weight excluding hydrogens is 502 g/mol. The van der Waals surface area contributed by atoms with E-state index in [-0.39, 0.29) is 22.9 Å². The summed E-state index contributed by atoms with van der Waals surface area (Å²) in [7, 11) is 1.98. The smallest absolute Gasteiger partial charge is 0.381 e. The van der Waals surface area contributed by atoms with Gasteiger partial charge in [-0.3, -0.25) is 9.59 Å². The highest BCUT2D eigenvalue weighted by Crippen LogP contribution is 2.58. The predicted molar refractivity (Wildman–Crippen MR) is 123 cm³/mol. The Kier molecular flexibility index (Phi) is 5.89. The zero-order valence-corrected chi connectivity index (χ0v) is 20.2. The van der Waals surface area contributed by atoms with Crippen molar-refractivity contribution in [2.24, 2.45) is 17.8 Å². The Morgan fingerprint density at radius 3 is 2.38 bits per heavy atom. The van der Waals surface area contributed by atoms with E-state index >= 15 is 0 Å². The van der Waals surface area contributed by atoms with Gasteiger partial charge in [-0.25, -0.2) is 13.2 Å². The van der Waals surface area contributed by atoms with Gasteiger partial charge in [0.25, 0.3) is 17.4 Å². The molecule has 37 heavy (non-hydrogen) atoms. The van der Waals surface area contributed by atoms with Crippen molar-refractivity contribution < 1.29 is 31.1 Å². The summed E-state index contributed by atoms with van der Waals surface area (Å²) < 4.78 is 83.1. The van der Waals surface area contributed by atoms with Crippen LogP contribution in [-0.2, 0) is 6.18 Å². The number of carbonyl (C=O) groups excluding carboxylic acids is 1. The molecule has 2 heterocycles. The van der Waals surface area contributed by atoms with Gasteiger partial charge in [0.15, 0.2) is 0 Å². The van der Waals surface area contributed by atoms with E-state index in [0.29, 0.717) is 17.9 Å². The second kappa shape index (κ2) is 8.50. The highest BCUT2D eigenvalue weighted by Gasteiger charge is 2.67. The summed E-state index contributed by atoms with van der Waals surface area (Å²) in [4.78, 5) is 28.2. The van der Waals surface area contributed by atoms with Gasteiger partial charge >= 0.3 is 6.18 Å². The molecule has 2 N–H and O–H groups in total. The Labute approximate surface area is 208 Å². The predicted octanol–water partition coefficient (Wildman–Crippen LogP) is 4.30. The van der Waals surface area contributed by atoms with Gasteiger partial charge in [0, 0.05) is 42.9 Å². The lowest BCUT2D eigenvalue weighted by Gasteiger charge is -2.20. The molecular formula is C25H26F6N4O2. The average Bonchev–Trinajstić information content (AvgIpc) is 3.47. The van der Waals surface area contributed by atoms with E-state index in [4.69, 9.17) is 0 Å². The second-order valence-electron chi connectivity index (χ2n) is 10.4. The lowest BCUT2D eigenvalue weighted by atomic mass is 10.0. The first-order chi connectivity index (χ1) is 17.2. The molecule has 3 aliphatic rings. The molecule has 2 saturated carbocycles. The standard InChI is InChI=1S/C25H26F6N4O2/c1-11-22(24(11,27)28)35-10-16(18(7-19(35)36)33-21-14-8-34(3)9-15(14)21)23(37)32-12(2)13-5-4-6-17(20(13)26)25(29,30)31/h4-7,10-12,14-15,21-22,33H,8-9H2,1-3H3,(H,32,37)/t11-,12+,14-,15+,21-,22-/m0/s1. The average molecular weight is 528 g/mol. The summed E-state index contributed by atoms with van der Waals surface area (Å²) in [6.45, 7) is 4.28. The summed E-state index contributed by atoms with van der Waals surface area (Å²) in [6, 6.07) is 1.28. The number of carbonyl (C=O) groups is 1. The molecule has 1 aliphatic heterocycles. The van der Waals surface area contributed by atoms with Gasteiger partial charge in [-0.1, -0.05) is 19.1 Å². The number of pyridine rings is 1. The van der Waals surface area contributed by atoms with Crippen LogP contribution < -0.4 is 16.2 Å². The zero-order valence-electron chi connectivity index (χ0n) is 20.2. The van der Waals surface area contributed by atoms with Gasteiger partial charge in [-0.05, 0) is 31.9 Å². The largest absolute Gasteiger partial charge is 0.419 e. The van der Waals surface area contributed by atoms with Gasteiger partial charge in [0.1, 0.15) is 11.9 Å². The van der Waals surface area contributed by atoms with E-state index in [9.17, 15) is 35.9 Å². The summed E-state index contributed by atoms with van der Waals surface area (Å²) in [5.41, 5.74) is -2.51. The van der Waals surface area contributed by atoms with E-state index < -0.39 is 52.9 Å². The van der Waals surface area contributed by atoms with Crippen LogP contribution in [0.4, 0.5) is 32.0 Å². The van der Waals surface area contributed by atoms with Crippen molar-refractivity contribution in [1.82, 2.24) is 14.8 Å². The van der Waals surface area contributed by atoms with Crippen LogP contribution >= 0.6 is 0 Å². The van der Waals surface area contributed by atoms with Crippen LogP contribution in [0.2, 0.25) is 0 Å². The first kappa shape index (κ1) is 25.6. The number of likely N-dealkylation sites (tertiary alicyclic amines) is 1. The number of rotatable bonds is 6. The van der Waals surface area contributed by atoms with Crippen molar-refractivity contribution in [1.29, 1.82) is 0 Å². The molecule has 1 aromatic carbocycles. The van der Waals surface area contributed by atoms with Gasteiger partial charge in [0.2, 0.25) is 0 Å². The third-order valence-corrected chi connectivity index (χ3v) is 7.84. The molecule has 6 atom stereocenters. The van der Waals surface area contributed by atoms with Crippen LogP contribution in [0.15, 0.2) is 35.3 Å². The molecule has 2 aliphatic carbocycles. The Morgan fingerprint density at radius 2 is 1.81 bits per heavy atom. The molecule has 1 aromatic heterocycles. The molecule has 1 saturated heterocycles. The fourth-order valence-corrected chi connectivity index (χ4v) is 5.54. The third kappa shape index (κ3) is 4.38. The molecule has 0 unspecified atom stereocenters. The minimum absolute atomic E-state index is 0.00220. The number of anilines is 1. The molecule has 12 heteroatoms. The van der Waals surface area contributed by atoms with Crippen molar-refractivity contribution in [3.05, 3.63) is 63.3 Å². The maximum absolute atomic E-state index is 14.6. The van der Waals surface area contributed by atoms with Crippen molar-refractivity contribution in [2.75, 3.05) is 25.5 Å². The molecule has 6 nitrogen and oxygen atoms in total. The van der Waals surface area contributed by atoms with Gasteiger partial charge in [0.05, 0.1) is 22.9 Å². The second-order valence-corrected chi connectivity index (χ2v) is 10.4. The van der Waals surface area contributed by atoms with Crippen LogP contribution in [0, 0.1) is 23.6 Å². The van der Waals surface area contributed by atoms with Crippen LogP contribution in [0.25, 0.3) is 0 Å². The number of hydrogen-bond donors (Lipinski definition) is 2. The molecule has 0 spiro atoms. The first-order valence-electron chi connectivity index (χ1n) is 12.0. The van der Waals surface area contributed by atoms with Crippen molar-refractivity contribution in [3.8, 4) is 0 Å². The van der Waals surface area contributed by atoms with Gasteiger partial charge < -0.3 is 20.1 Å². The highest BCUT2D eigenvalue weighted by atomic mass is 19.4. The SMILES string of the molecule is C[C@@H](NC(=O)c1cn([C@H]2[C@H](C)C2(F)F)c(=O)cc1N[C@@H]1[C@@H]2CN(C)C[C@@H]21)c1cccc(C(F)(F)F)c1F. The van der Waals surface area contributed by atoms with Crippen molar-refractivity contribution >= 4 is 11.6 Å². The summed E-state index contributed by atoms with van der Waals surface area (Å²) in [5, 5.41) is 5.65. The first-order valence-corrected chi connectivity index (χ1v) is 12.0. The number of nitrogens with one attached hydrogen (secondary N) is 2.